The molecule has 1 N–H and O–H groups in total. The van der Waals surface area contributed by atoms with Crippen molar-refractivity contribution in [2.24, 2.45) is 5.92 Å². The number of amides is 1. The van der Waals surface area contributed by atoms with Crippen LogP contribution in [0.3, 0.4) is 0 Å². The highest BCUT2D eigenvalue weighted by molar-refractivity contribution is 5.79. The van der Waals surface area contributed by atoms with Gasteiger partial charge in [-0.2, -0.15) is 4.68 Å². The van der Waals surface area contributed by atoms with Crippen LogP contribution in [0, 0.1) is 5.92 Å². The Morgan fingerprint density at radius 3 is 2.77 bits per heavy atom. The SMILES string of the molecule is COc1ccc(-n2nc(N3CCC[C@H](C(=O)NC[C@H]4CCCO4)C3)ccc2=O)cc1. The highest BCUT2D eigenvalue weighted by Crippen LogP contribution is 2.22. The van der Waals surface area contributed by atoms with E-state index in [0.29, 0.717) is 24.6 Å². The van der Waals surface area contributed by atoms with E-state index in [0.717, 1.165) is 44.6 Å². The summed E-state index contributed by atoms with van der Waals surface area (Å²) in [5.41, 5.74) is 0.470. The Bertz CT molecular complexity index is 921. The van der Waals surface area contributed by atoms with E-state index in [1.807, 2.05) is 0 Å². The lowest BCUT2D eigenvalue weighted by Crippen LogP contribution is -2.45. The molecule has 8 nitrogen and oxygen atoms in total. The molecule has 0 radical (unpaired) electrons. The minimum atomic E-state index is -0.202. The average molecular weight is 412 g/mol. The quantitative estimate of drug-likeness (QED) is 0.778. The molecule has 0 aliphatic carbocycles. The molecule has 4 rings (SSSR count). The number of nitrogens with zero attached hydrogens (tertiary/aromatic N) is 3. The van der Waals surface area contributed by atoms with E-state index < -0.39 is 0 Å². The Morgan fingerprint density at radius 2 is 2.03 bits per heavy atom. The number of nitrogens with one attached hydrogen (secondary N) is 1. The van der Waals surface area contributed by atoms with Gasteiger partial charge in [0.1, 0.15) is 11.6 Å². The smallest absolute Gasteiger partial charge is 0.271 e. The molecule has 0 saturated carbocycles. The number of ether oxygens (including phenoxy) is 2. The molecule has 1 aromatic heterocycles. The van der Waals surface area contributed by atoms with Crippen LogP contribution in [0.5, 0.6) is 5.75 Å². The van der Waals surface area contributed by atoms with Crippen molar-refractivity contribution in [2.75, 3.05) is 38.3 Å². The number of anilines is 1. The van der Waals surface area contributed by atoms with Gasteiger partial charge in [-0.15, -0.1) is 5.10 Å². The van der Waals surface area contributed by atoms with Gasteiger partial charge >= 0.3 is 0 Å². The number of hydrogen-bond donors (Lipinski definition) is 1. The first-order chi connectivity index (χ1) is 14.6. The van der Waals surface area contributed by atoms with Crippen LogP contribution in [0.4, 0.5) is 5.82 Å². The lowest BCUT2D eigenvalue weighted by Gasteiger charge is -2.33. The molecule has 2 aromatic rings. The number of carbonyl (C=O) groups excluding carboxylic acids is 1. The van der Waals surface area contributed by atoms with E-state index >= 15 is 0 Å². The zero-order valence-electron chi connectivity index (χ0n) is 17.3. The monoisotopic (exact) mass is 412 g/mol. The maximum absolute atomic E-state index is 12.7. The van der Waals surface area contributed by atoms with Crippen molar-refractivity contribution in [3.63, 3.8) is 0 Å². The molecular formula is C22H28N4O4. The van der Waals surface area contributed by atoms with Crippen molar-refractivity contribution in [1.82, 2.24) is 15.1 Å². The largest absolute Gasteiger partial charge is 0.497 e. The molecule has 2 aliphatic rings. The van der Waals surface area contributed by atoms with Crippen LogP contribution in [-0.2, 0) is 9.53 Å². The Kier molecular flexibility index (Phi) is 6.32. The second-order valence-electron chi connectivity index (χ2n) is 7.80. The highest BCUT2D eigenvalue weighted by Gasteiger charge is 2.27. The summed E-state index contributed by atoms with van der Waals surface area (Å²) >= 11 is 0. The molecule has 2 saturated heterocycles. The first kappa shape index (κ1) is 20.4. The van der Waals surface area contributed by atoms with E-state index in [1.165, 1.54) is 10.7 Å². The molecule has 1 amide bonds. The summed E-state index contributed by atoms with van der Waals surface area (Å²) in [5.74, 6) is 1.39. The lowest BCUT2D eigenvalue weighted by atomic mass is 9.97. The number of piperidine rings is 1. The van der Waals surface area contributed by atoms with Gasteiger partial charge in [-0.05, 0) is 56.0 Å². The zero-order chi connectivity index (χ0) is 20.9. The summed E-state index contributed by atoms with van der Waals surface area (Å²) in [6, 6.07) is 10.4. The van der Waals surface area contributed by atoms with E-state index in [9.17, 15) is 9.59 Å². The molecule has 0 spiro atoms. The standard InChI is InChI=1S/C22H28N4O4/c1-29-18-8-6-17(7-9-18)26-21(27)11-10-20(24-26)25-12-2-4-16(15-25)22(28)23-14-19-5-3-13-30-19/h6-11,16,19H,2-5,12-15H2,1H3,(H,23,28)/t16-,19+/m0/s1. The lowest BCUT2D eigenvalue weighted by molar-refractivity contribution is -0.125. The van der Waals surface area contributed by atoms with Crippen LogP contribution in [-0.4, -0.2) is 55.1 Å². The summed E-state index contributed by atoms with van der Waals surface area (Å²) < 4.78 is 12.2. The normalized spacial score (nSPS) is 21.4. The van der Waals surface area contributed by atoms with Gasteiger partial charge in [-0.25, -0.2) is 0 Å². The van der Waals surface area contributed by atoms with Crippen LogP contribution in [0.15, 0.2) is 41.2 Å². The molecule has 2 fully saturated rings. The van der Waals surface area contributed by atoms with Gasteiger partial charge in [0.25, 0.3) is 5.56 Å². The summed E-state index contributed by atoms with van der Waals surface area (Å²) in [6.07, 6.45) is 3.97. The Labute approximate surface area is 175 Å². The molecule has 2 atom stereocenters. The van der Waals surface area contributed by atoms with Crippen LogP contribution in [0.1, 0.15) is 25.7 Å². The van der Waals surface area contributed by atoms with Crippen molar-refractivity contribution in [3.05, 3.63) is 46.8 Å². The highest BCUT2D eigenvalue weighted by atomic mass is 16.5. The number of aromatic nitrogens is 2. The van der Waals surface area contributed by atoms with Gasteiger partial charge in [0.2, 0.25) is 5.91 Å². The zero-order valence-corrected chi connectivity index (χ0v) is 17.3. The predicted molar refractivity (Wildman–Crippen MR) is 113 cm³/mol. The van der Waals surface area contributed by atoms with Crippen molar-refractivity contribution < 1.29 is 14.3 Å². The molecule has 2 aliphatic heterocycles. The number of rotatable bonds is 6. The summed E-state index contributed by atoms with van der Waals surface area (Å²) in [7, 11) is 1.60. The summed E-state index contributed by atoms with van der Waals surface area (Å²) in [6.45, 7) is 2.76. The van der Waals surface area contributed by atoms with Crippen molar-refractivity contribution in [3.8, 4) is 11.4 Å². The Morgan fingerprint density at radius 1 is 1.20 bits per heavy atom. The molecule has 160 valence electrons. The minimum absolute atomic E-state index is 0.0682. The molecule has 30 heavy (non-hydrogen) atoms. The third kappa shape index (κ3) is 4.64. The molecule has 3 heterocycles. The van der Waals surface area contributed by atoms with Crippen molar-refractivity contribution in [1.29, 1.82) is 0 Å². The van der Waals surface area contributed by atoms with E-state index in [4.69, 9.17) is 9.47 Å². The molecule has 1 aromatic carbocycles. The van der Waals surface area contributed by atoms with E-state index in [-0.39, 0.29) is 23.5 Å². The molecule has 0 bridgehead atoms. The minimum Gasteiger partial charge on any atom is -0.497 e. The summed E-state index contributed by atoms with van der Waals surface area (Å²) in [4.78, 5) is 27.1. The second kappa shape index (κ2) is 9.30. The molecule has 0 unspecified atom stereocenters. The third-order valence-electron chi connectivity index (χ3n) is 5.75. The van der Waals surface area contributed by atoms with Crippen LogP contribution >= 0.6 is 0 Å². The van der Waals surface area contributed by atoms with Crippen LogP contribution < -0.4 is 20.5 Å². The fraction of sp³-hybridized carbons (Fsp3) is 0.500. The van der Waals surface area contributed by atoms with Gasteiger partial charge < -0.3 is 19.7 Å². The number of carbonyl (C=O) groups is 1. The fourth-order valence-corrected chi connectivity index (χ4v) is 4.04. The average Bonchev–Trinajstić information content (AvgIpc) is 3.32. The number of methoxy groups -OCH3 is 1. The van der Waals surface area contributed by atoms with Gasteiger partial charge in [0.05, 0.1) is 24.8 Å². The maximum Gasteiger partial charge on any atom is 0.271 e. The number of benzene rings is 1. The van der Waals surface area contributed by atoms with Gasteiger partial charge in [0.15, 0.2) is 0 Å². The fourth-order valence-electron chi connectivity index (χ4n) is 4.04. The molecule has 8 heteroatoms. The van der Waals surface area contributed by atoms with Crippen molar-refractivity contribution >= 4 is 11.7 Å². The maximum atomic E-state index is 12.7. The van der Waals surface area contributed by atoms with Crippen LogP contribution in [0.25, 0.3) is 5.69 Å². The first-order valence-corrected chi connectivity index (χ1v) is 10.5. The van der Waals surface area contributed by atoms with E-state index in [2.05, 4.69) is 15.3 Å². The molecular weight excluding hydrogens is 384 g/mol. The van der Waals surface area contributed by atoms with Crippen LogP contribution in [0.2, 0.25) is 0 Å². The second-order valence-corrected chi connectivity index (χ2v) is 7.80. The van der Waals surface area contributed by atoms with Crippen molar-refractivity contribution in [2.45, 2.75) is 31.8 Å². The third-order valence-corrected chi connectivity index (χ3v) is 5.75. The first-order valence-electron chi connectivity index (χ1n) is 10.5. The topological polar surface area (TPSA) is 85.7 Å². The number of hydrogen-bond acceptors (Lipinski definition) is 6. The van der Waals surface area contributed by atoms with Gasteiger partial charge in [-0.3, -0.25) is 9.59 Å². The predicted octanol–water partition coefficient (Wildman–Crippen LogP) is 1.75. The summed E-state index contributed by atoms with van der Waals surface area (Å²) in [5, 5.41) is 7.61. The Balaban J connectivity index is 1.45. The Hall–Kier alpha value is -2.87. The van der Waals surface area contributed by atoms with Gasteiger partial charge in [0, 0.05) is 32.3 Å². The van der Waals surface area contributed by atoms with Gasteiger partial charge in [-0.1, -0.05) is 0 Å². The van der Waals surface area contributed by atoms with E-state index in [1.54, 1.807) is 37.4 Å².